The van der Waals surface area contributed by atoms with Gasteiger partial charge in [-0.15, -0.1) is 0 Å². The maximum absolute atomic E-state index is 12.9. The van der Waals surface area contributed by atoms with E-state index in [0.29, 0.717) is 0 Å². The molecule has 0 amide bonds. The molecule has 0 unspecified atom stereocenters. The van der Waals surface area contributed by atoms with Gasteiger partial charge >= 0.3 is 0 Å². The predicted octanol–water partition coefficient (Wildman–Crippen LogP) is 2.40. The van der Waals surface area contributed by atoms with E-state index in [1.165, 1.54) is 0 Å². The molecule has 0 fully saturated rings. The summed E-state index contributed by atoms with van der Waals surface area (Å²) in [5.41, 5.74) is -0.130. The van der Waals surface area contributed by atoms with Crippen molar-refractivity contribution in [2.45, 2.75) is 6.61 Å². The molecule has 0 heterocycles. The van der Waals surface area contributed by atoms with Gasteiger partial charge in [0.25, 0.3) is 5.69 Å². The second-order valence-corrected chi connectivity index (χ2v) is 2.50. The number of non-ortho nitro benzene ring substituents is 1. The van der Waals surface area contributed by atoms with Crippen molar-refractivity contribution in [3.63, 3.8) is 0 Å². The summed E-state index contributed by atoms with van der Waals surface area (Å²) >= 11 is 4.90. The number of hydrogen-bond acceptors (Lipinski definition) is 3. The van der Waals surface area contributed by atoms with Crippen molar-refractivity contribution in [3.05, 3.63) is 39.7 Å². The van der Waals surface area contributed by atoms with E-state index in [1.807, 2.05) is 0 Å². The highest BCUT2D eigenvalue weighted by Crippen LogP contribution is 2.17. The van der Waals surface area contributed by atoms with Crippen LogP contribution < -0.4 is 0 Å². The molecule has 0 aromatic heterocycles. The van der Waals surface area contributed by atoms with Crippen LogP contribution in [-0.2, 0) is 10.9 Å². The normalized spacial score (nSPS) is 10.0. The van der Waals surface area contributed by atoms with Crippen molar-refractivity contribution in [1.29, 1.82) is 0 Å². The zero-order valence-electron chi connectivity index (χ0n) is 6.37. The van der Waals surface area contributed by atoms with Crippen molar-refractivity contribution in [2.75, 3.05) is 0 Å². The van der Waals surface area contributed by atoms with E-state index in [2.05, 4.69) is 4.29 Å². The lowest BCUT2D eigenvalue weighted by atomic mass is 10.2. The molecule has 0 aliphatic carbocycles. The van der Waals surface area contributed by atoms with Crippen LogP contribution in [-0.4, -0.2) is 4.92 Å². The van der Waals surface area contributed by atoms with Crippen molar-refractivity contribution in [1.82, 2.24) is 0 Å². The number of rotatable bonds is 3. The van der Waals surface area contributed by atoms with Gasteiger partial charge in [0, 0.05) is 17.7 Å². The molecular weight excluding hydrogens is 201 g/mol. The molecule has 0 saturated carbocycles. The summed E-state index contributed by atoms with van der Waals surface area (Å²) in [6.45, 7) is -0.199. The molecule has 0 bridgehead atoms. The lowest BCUT2D eigenvalue weighted by Gasteiger charge is -1.99. The van der Waals surface area contributed by atoms with Crippen LogP contribution in [0, 0.1) is 15.9 Å². The summed E-state index contributed by atoms with van der Waals surface area (Å²) in [5.74, 6) is -0.578. The van der Waals surface area contributed by atoms with Gasteiger partial charge in [0.1, 0.15) is 5.82 Å². The lowest BCUT2D eigenvalue weighted by Crippen LogP contribution is -1.94. The van der Waals surface area contributed by atoms with E-state index in [0.717, 1.165) is 18.2 Å². The van der Waals surface area contributed by atoms with Gasteiger partial charge in [-0.25, -0.2) is 4.39 Å². The SMILES string of the molecule is O=[N+]([O-])c1ccc(F)c(COCl)c1. The third-order valence-corrected chi connectivity index (χ3v) is 1.56. The molecule has 0 N–H and O–H groups in total. The monoisotopic (exact) mass is 205 g/mol. The number of hydrogen-bond donors (Lipinski definition) is 0. The average Bonchev–Trinajstić information content (AvgIpc) is 2.08. The number of benzene rings is 1. The third kappa shape index (κ3) is 2.37. The molecule has 13 heavy (non-hydrogen) atoms. The fourth-order valence-corrected chi connectivity index (χ4v) is 0.962. The van der Waals surface area contributed by atoms with E-state index < -0.39 is 10.7 Å². The number of nitrogens with zero attached hydrogens (tertiary/aromatic N) is 1. The maximum atomic E-state index is 12.9. The van der Waals surface area contributed by atoms with E-state index in [9.17, 15) is 14.5 Å². The number of nitro groups is 1. The minimum absolute atomic E-state index is 0.0594. The summed E-state index contributed by atoms with van der Waals surface area (Å²) in [7, 11) is 0. The van der Waals surface area contributed by atoms with Crippen LogP contribution in [0.5, 0.6) is 0 Å². The molecular formula is C7H5ClFNO3. The fraction of sp³-hybridized carbons (Fsp3) is 0.143. The molecule has 4 nitrogen and oxygen atoms in total. The molecule has 6 heteroatoms. The quantitative estimate of drug-likeness (QED) is 0.562. The van der Waals surface area contributed by atoms with Gasteiger partial charge in [-0.05, 0) is 6.07 Å². The van der Waals surface area contributed by atoms with Gasteiger partial charge in [-0.3, -0.25) is 14.4 Å². The van der Waals surface area contributed by atoms with Crippen LogP contribution >= 0.6 is 11.9 Å². The Labute approximate surface area is 78.2 Å². The lowest BCUT2D eigenvalue weighted by molar-refractivity contribution is -0.385. The van der Waals surface area contributed by atoms with Crippen molar-refractivity contribution < 1.29 is 13.6 Å². The van der Waals surface area contributed by atoms with E-state index in [1.54, 1.807) is 0 Å². The minimum atomic E-state index is -0.614. The van der Waals surface area contributed by atoms with Gasteiger partial charge in [0.15, 0.2) is 0 Å². The highest BCUT2D eigenvalue weighted by Gasteiger charge is 2.10. The van der Waals surface area contributed by atoms with Gasteiger partial charge < -0.3 is 0 Å². The second kappa shape index (κ2) is 4.15. The fourth-order valence-electron chi connectivity index (χ4n) is 0.844. The minimum Gasteiger partial charge on any atom is -0.274 e. The van der Waals surface area contributed by atoms with Crippen LogP contribution in [0.25, 0.3) is 0 Å². The molecule has 1 aromatic carbocycles. The van der Waals surface area contributed by atoms with Crippen molar-refractivity contribution >= 4 is 17.6 Å². The first-order chi connectivity index (χ1) is 6.15. The molecule has 0 radical (unpaired) electrons. The first-order valence-corrected chi connectivity index (χ1v) is 3.62. The zero-order chi connectivity index (χ0) is 9.84. The van der Waals surface area contributed by atoms with Crippen molar-refractivity contribution in [2.24, 2.45) is 0 Å². The molecule has 1 aromatic rings. The first-order valence-electron chi connectivity index (χ1n) is 3.31. The summed E-state index contributed by atoms with van der Waals surface area (Å²) in [4.78, 5) is 9.66. The van der Waals surface area contributed by atoms with E-state index >= 15 is 0 Å². The summed E-state index contributed by atoms with van der Waals surface area (Å²) < 4.78 is 17.0. The zero-order valence-corrected chi connectivity index (χ0v) is 7.12. The molecule has 0 saturated heterocycles. The van der Waals surface area contributed by atoms with Crippen molar-refractivity contribution in [3.8, 4) is 0 Å². The number of halogens is 2. The third-order valence-electron chi connectivity index (χ3n) is 1.45. The average molecular weight is 206 g/mol. The topological polar surface area (TPSA) is 52.4 Å². The van der Waals surface area contributed by atoms with Gasteiger partial charge in [-0.2, -0.15) is 0 Å². The molecule has 0 aliphatic rings. The second-order valence-electron chi connectivity index (χ2n) is 2.29. The summed E-state index contributed by atoms with van der Waals surface area (Å²) in [6, 6.07) is 3.16. The molecule has 0 atom stereocenters. The molecule has 0 spiro atoms. The van der Waals surface area contributed by atoms with Crippen LogP contribution in [0.2, 0.25) is 0 Å². The van der Waals surface area contributed by atoms with Gasteiger partial charge in [-0.1, -0.05) is 0 Å². The molecule has 70 valence electrons. The molecule has 1 rings (SSSR count). The summed E-state index contributed by atoms with van der Waals surface area (Å²) in [5, 5.41) is 10.3. The van der Waals surface area contributed by atoms with Crippen LogP contribution in [0.1, 0.15) is 5.56 Å². The first kappa shape index (κ1) is 9.88. The Morgan fingerprint density at radius 3 is 2.85 bits per heavy atom. The Kier molecular flexibility index (Phi) is 3.16. The number of nitro benzene ring substituents is 1. The predicted molar refractivity (Wildman–Crippen MR) is 43.7 cm³/mol. The smallest absolute Gasteiger partial charge is 0.269 e. The van der Waals surface area contributed by atoms with Crippen LogP contribution in [0.3, 0.4) is 0 Å². The standard InChI is InChI=1S/C7H5ClFNO3/c8-13-4-5-3-6(10(11)12)1-2-7(5)9/h1-3H,4H2. The Hall–Kier alpha value is -1.20. The van der Waals surface area contributed by atoms with Gasteiger partial charge in [0.2, 0.25) is 0 Å². The highest BCUT2D eigenvalue weighted by atomic mass is 35.5. The Morgan fingerprint density at radius 1 is 1.62 bits per heavy atom. The summed E-state index contributed by atoms with van der Waals surface area (Å²) in [6.07, 6.45) is 0. The maximum Gasteiger partial charge on any atom is 0.269 e. The van der Waals surface area contributed by atoms with E-state index in [4.69, 9.17) is 11.9 Å². The van der Waals surface area contributed by atoms with Gasteiger partial charge in [0.05, 0.1) is 23.4 Å². The molecule has 0 aliphatic heterocycles. The highest BCUT2D eigenvalue weighted by molar-refractivity contribution is 6.07. The Morgan fingerprint density at radius 2 is 2.31 bits per heavy atom. The Bertz CT molecular complexity index is 332. The van der Waals surface area contributed by atoms with Crippen LogP contribution in [0.15, 0.2) is 18.2 Å². The van der Waals surface area contributed by atoms with Crippen LogP contribution in [0.4, 0.5) is 10.1 Å². The van der Waals surface area contributed by atoms with E-state index in [-0.39, 0.29) is 17.9 Å². The largest absolute Gasteiger partial charge is 0.274 e. The Balaban J connectivity index is 3.03.